The molecule has 0 saturated carbocycles. The minimum Gasteiger partial charge on any atom is -0.333 e. The van der Waals surface area contributed by atoms with Crippen LogP contribution >= 0.6 is 23.2 Å². The Morgan fingerprint density at radius 1 is 1.13 bits per heavy atom. The zero-order valence-corrected chi connectivity index (χ0v) is 19.9. The summed E-state index contributed by atoms with van der Waals surface area (Å²) in [7, 11) is 0. The second kappa shape index (κ2) is 9.40. The number of rotatable bonds is 7. The first-order valence-corrected chi connectivity index (χ1v) is 10.8. The van der Waals surface area contributed by atoms with Crippen molar-refractivity contribution in [1.82, 2.24) is 14.7 Å². The number of aromatic nitrogens is 2. The van der Waals surface area contributed by atoms with Gasteiger partial charge in [-0.15, -0.1) is 11.6 Å². The van der Waals surface area contributed by atoms with Gasteiger partial charge in [0.25, 0.3) is 0 Å². The number of amides is 2. The summed E-state index contributed by atoms with van der Waals surface area (Å²) in [6, 6.07) is 9.07. The van der Waals surface area contributed by atoms with E-state index in [0.29, 0.717) is 17.4 Å². The van der Waals surface area contributed by atoms with Crippen molar-refractivity contribution >= 4 is 40.8 Å². The predicted molar refractivity (Wildman–Crippen MR) is 123 cm³/mol. The first-order chi connectivity index (χ1) is 13.9. The lowest BCUT2D eigenvalue weighted by molar-refractivity contribution is -0.141. The van der Waals surface area contributed by atoms with Crippen molar-refractivity contribution in [2.75, 3.05) is 24.3 Å². The van der Waals surface area contributed by atoms with E-state index in [1.165, 1.54) is 4.90 Å². The molecule has 30 heavy (non-hydrogen) atoms. The molecule has 0 saturated heterocycles. The molecule has 0 bridgehead atoms. The molecule has 1 N–H and O–H groups in total. The Hall–Kier alpha value is -2.05. The van der Waals surface area contributed by atoms with Gasteiger partial charge in [0, 0.05) is 28.9 Å². The number of likely N-dealkylation sites (N-methyl/N-ethyl adjacent to an activating group) is 1. The maximum absolute atomic E-state index is 12.8. The zero-order chi connectivity index (χ0) is 22.7. The Kier molecular flexibility index (Phi) is 7.59. The van der Waals surface area contributed by atoms with Crippen molar-refractivity contribution in [2.24, 2.45) is 5.41 Å². The van der Waals surface area contributed by atoms with Crippen LogP contribution in [0.4, 0.5) is 5.82 Å². The van der Waals surface area contributed by atoms with E-state index in [9.17, 15) is 9.59 Å². The van der Waals surface area contributed by atoms with Crippen LogP contribution in [0.25, 0.3) is 5.69 Å². The van der Waals surface area contributed by atoms with Gasteiger partial charge < -0.3 is 10.2 Å². The topological polar surface area (TPSA) is 67.2 Å². The van der Waals surface area contributed by atoms with Crippen LogP contribution in [0.2, 0.25) is 5.02 Å². The summed E-state index contributed by atoms with van der Waals surface area (Å²) in [6.07, 6.45) is 0. The first kappa shape index (κ1) is 24.2. The predicted octanol–water partition coefficient (Wildman–Crippen LogP) is 4.88. The fraction of sp³-hybridized carbons (Fsp3) is 0.500. The van der Waals surface area contributed by atoms with Gasteiger partial charge >= 0.3 is 0 Å². The van der Waals surface area contributed by atoms with Crippen molar-refractivity contribution in [3.05, 3.63) is 41.0 Å². The van der Waals surface area contributed by atoms with Crippen LogP contribution < -0.4 is 5.32 Å². The van der Waals surface area contributed by atoms with E-state index < -0.39 is 5.41 Å². The summed E-state index contributed by atoms with van der Waals surface area (Å²) in [6.45, 7) is 11.9. The highest BCUT2D eigenvalue weighted by Gasteiger charge is 2.31. The van der Waals surface area contributed by atoms with E-state index in [2.05, 4.69) is 31.2 Å². The first-order valence-electron chi connectivity index (χ1n) is 9.90. The lowest BCUT2D eigenvalue weighted by atomic mass is 9.92. The number of carbonyl (C=O) groups is 2. The van der Waals surface area contributed by atoms with Crippen molar-refractivity contribution in [1.29, 1.82) is 0 Å². The Balaban J connectivity index is 2.30. The average molecular weight is 453 g/mol. The summed E-state index contributed by atoms with van der Waals surface area (Å²) in [5.41, 5.74) is 0.672. The Morgan fingerprint density at radius 3 is 2.23 bits per heavy atom. The van der Waals surface area contributed by atoms with Crippen LogP contribution in [-0.2, 0) is 15.0 Å². The second-order valence-corrected chi connectivity index (χ2v) is 9.64. The zero-order valence-electron chi connectivity index (χ0n) is 18.4. The van der Waals surface area contributed by atoms with E-state index in [-0.39, 0.29) is 29.7 Å². The Labute approximate surface area is 188 Å². The van der Waals surface area contributed by atoms with Crippen LogP contribution in [0.5, 0.6) is 0 Å². The monoisotopic (exact) mass is 452 g/mol. The number of hydrogen-bond donors (Lipinski definition) is 1. The SMILES string of the molecule is CCN(CC(=O)Nc1cc(C(C)(C)C)nn1-c1ccc(Cl)cc1)C(=O)C(C)(C)CCl. The van der Waals surface area contributed by atoms with Gasteiger partial charge in [0.05, 0.1) is 23.3 Å². The minimum absolute atomic E-state index is 0.0632. The number of nitrogens with zero attached hydrogens (tertiary/aromatic N) is 3. The Bertz CT molecular complexity index is 899. The maximum Gasteiger partial charge on any atom is 0.245 e. The second-order valence-electron chi connectivity index (χ2n) is 8.94. The summed E-state index contributed by atoms with van der Waals surface area (Å²) >= 11 is 11.9. The summed E-state index contributed by atoms with van der Waals surface area (Å²) in [4.78, 5) is 27.0. The number of carbonyl (C=O) groups excluding carboxylic acids is 2. The van der Waals surface area contributed by atoms with Gasteiger partial charge in [-0.05, 0) is 45.0 Å². The smallest absolute Gasteiger partial charge is 0.245 e. The molecule has 0 unspecified atom stereocenters. The number of halogens is 2. The fourth-order valence-corrected chi connectivity index (χ4v) is 3.02. The quantitative estimate of drug-likeness (QED) is 0.608. The third kappa shape index (κ3) is 5.76. The molecule has 1 heterocycles. The molecule has 0 fully saturated rings. The summed E-state index contributed by atoms with van der Waals surface area (Å²) in [5, 5.41) is 8.21. The van der Waals surface area contributed by atoms with E-state index in [4.69, 9.17) is 23.2 Å². The molecule has 2 amide bonds. The largest absolute Gasteiger partial charge is 0.333 e. The highest BCUT2D eigenvalue weighted by molar-refractivity contribution is 6.30. The van der Waals surface area contributed by atoms with E-state index >= 15 is 0 Å². The average Bonchev–Trinajstić information content (AvgIpc) is 3.10. The van der Waals surface area contributed by atoms with Crippen LogP contribution in [0.1, 0.15) is 47.2 Å². The molecule has 2 rings (SSSR count). The van der Waals surface area contributed by atoms with E-state index in [1.807, 2.05) is 25.1 Å². The van der Waals surface area contributed by atoms with Gasteiger partial charge in [-0.25, -0.2) is 4.68 Å². The fourth-order valence-electron chi connectivity index (χ4n) is 2.78. The standard InChI is InChI=1S/C22H30Cl2N4O2/c1-7-27(20(30)22(5,6)14-23)13-19(29)25-18-12-17(21(2,3)4)26-28(18)16-10-8-15(24)9-11-16/h8-12H,7,13-14H2,1-6H3,(H,25,29). The molecule has 0 atom stereocenters. The molecule has 8 heteroatoms. The van der Waals surface area contributed by atoms with Gasteiger partial charge in [-0.3, -0.25) is 9.59 Å². The van der Waals surface area contributed by atoms with Crippen LogP contribution in [0.3, 0.4) is 0 Å². The van der Waals surface area contributed by atoms with Crippen LogP contribution in [0.15, 0.2) is 30.3 Å². The van der Waals surface area contributed by atoms with Gasteiger partial charge in [0.1, 0.15) is 5.82 Å². The molecule has 0 aliphatic carbocycles. The molecule has 6 nitrogen and oxygen atoms in total. The normalized spacial score (nSPS) is 12.0. The third-order valence-corrected chi connectivity index (χ3v) is 5.65. The third-order valence-electron chi connectivity index (χ3n) is 4.73. The highest BCUT2D eigenvalue weighted by atomic mass is 35.5. The minimum atomic E-state index is -0.734. The number of anilines is 1. The van der Waals surface area contributed by atoms with Crippen LogP contribution in [0, 0.1) is 5.41 Å². The van der Waals surface area contributed by atoms with Gasteiger partial charge in [0.15, 0.2) is 0 Å². The number of alkyl halides is 1. The molecule has 0 spiro atoms. The lowest BCUT2D eigenvalue weighted by Crippen LogP contribution is -2.45. The summed E-state index contributed by atoms with van der Waals surface area (Å²) in [5.74, 6) is 0.262. The van der Waals surface area contributed by atoms with Gasteiger partial charge in [-0.1, -0.05) is 32.4 Å². The molecule has 0 aliphatic rings. The number of hydrogen-bond acceptors (Lipinski definition) is 3. The molecular formula is C22H30Cl2N4O2. The highest BCUT2D eigenvalue weighted by Crippen LogP contribution is 2.27. The number of nitrogens with one attached hydrogen (secondary N) is 1. The molecule has 0 radical (unpaired) electrons. The van der Waals surface area contributed by atoms with Crippen molar-refractivity contribution in [3.8, 4) is 5.69 Å². The molecule has 0 aliphatic heterocycles. The van der Waals surface area contributed by atoms with Gasteiger partial charge in [-0.2, -0.15) is 5.10 Å². The molecule has 164 valence electrons. The van der Waals surface area contributed by atoms with Crippen molar-refractivity contribution in [3.63, 3.8) is 0 Å². The molecule has 2 aromatic rings. The Morgan fingerprint density at radius 2 is 1.73 bits per heavy atom. The summed E-state index contributed by atoms with van der Waals surface area (Å²) < 4.78 is 1.68. The number of benzene rings is 1. The van der Waals surface area contributed by atoms with E-state index in [1.54, 1.807) is 30.7 Å². The van der Waals surface area contributed by atoms with E-state index in [0.717, 1.165) is 11.4 Å². The van der Waals surface area contributed by atoms with Gasteiger partial charge in [0.2, 0.25) is 11.8 Å². The lowest BCUT2D eigenvalue weighted by Gasteiger charge is -2.29. The van der Waals surface area contributed by atoms with Crippen molar-refractivity contribution in [2.45, 2.75) is 47.0 Å². The van der Waals surface area contributed by atoms with Crippen molar-refractivity contribution < 1.29 is 9.59 Å². The maximum atomic E-state index is 12.8. The van der Waals surface area contributed by atoms with Crippen LogP contribution in [-0.4, -0.2) is 45.5 Å². The molecule has 1 aromatic heterocycles. The molecular weight excluding hydrogens is 423 g/mol. The molecule has 1 aromatic carbocycles.